The Labute approximate surface area is 551 Å². The number of carbonyl (C=O) groups is 1. The molecule has 7 fully saturated rings. The average Bonchev–Trinajstić information content (AvgIpc) is 1.78. The van der Waals surface area contributed by atoms with Crippen molar-refractivity contribution >= 4 is 22.6 Å². The second-order valence-electron chi connectivity index (χ2n) is 31.2. The van der Waals surface area contributed by atoms with Gasteiger partial charge in [-0.3, -0.25) is 4.79 Å². The first kappa shape index (κ1) is 83.4. The molecule has 532 valence electrons. The van der Waals surface area contributed by atoms with Crippen LogP contribution in [-0.4, -0.2) is 195 Å². The minimum Gasteiger partial charge on any atom is -0.463 e. The van der Waals surface area contributed by atoms with Gasteiger partial charge >= 0.3 is 5.97 Å². The molecule has 0 amide bonds. The Hall–Kier alpha value is -1.86. The van der Waals surface area contributed by atoms with Gasteiger partial charge in [0.15, 0.2) is 51.4 Å². The van der Waals surface area contributed by atoms with Crippen molar-refractivity contribution in [3.63, 3.8) is 0 Å². The summed E-state index contributed by atoms with van der Waals surface area (Å²) in [6, 6.07) is 0. The molecule has 0 bridgehead atoms. The fraction of sp³-hybridized carbons (Fsp3) is 0.870. The fourth-order valence-electron chi connectivity index (χ4n) is 11.5. The van der Waals surface area contributed by atoms with Crippen LogP contribution in [0.15, 0.2) is 50.6 Å². The Morgan fingerprint density at radius 2 is 0.857 bits per heavy atom. The van der Waals surface area contributed by atoms with Crippen molar-refractivity contribution < 1.29 is 96.0 Å². The molecule has 0 radical (unpaired) electrons. The largest absolute Gasteiger partial charge is 0.463 e. The SMILES string of the molecule is C=CCC(O)[C@H](C)[C@H]1OC(C)(C)O[C@H]1CO.C=CCC1(O)OC[C@@H]2OC(C)(C)O[C@@H]2[C@H]1C.C=CC[C@@H](O)[C@H](C)[C@H]1OC(C)(C)O[C@H]1CO[Si](C)(C)C(C)(C)C.C=CC[C@H](O)[C@H](C)[C@H]1OC(C)(C)O[C@H]1CO[Si](C)(C)C(C)(C)C.C[C@H]1C(=O)OC[C@@H]2OC(C)(C)O[C@@H]21. The number of esters is 1. The van der Waals surface area contributed by atoms with E-state index in [4.69, 9.17) is 65.7 Å². The summed E-state index contributed by atoms with van der Waals surface area (Å²) in [5.41, 5.74) is 0. The van der Waals surface area contributed by atoms with Gasteiger partial charge in [-0.05, 0) is 132 Å². The van der Waals surface area contributed by atoms with Crippen molar-refractivity contribution in [2.24, 2.45) is 29.6 Å². The van der Waals surface area contributed by atoms with E-state index in [0.717, 1.165) is 0 Å². The van der Waals surface area contributed by atoms with Crippen LogP contribution in [0.3, 0.4) is 0 Å². The van der Waals surface area contributed by atoms with Gasteiger partial charge in [-0.2, -0.15) is 0 Å². The van der Waals surface area contributed by atoms with Gasteiger partial charge in [-0.25, -0.2) is 0 Å². The second kappa shape index (κ2) is 33.1. The molecular formula is C69H128O20Si2. The van der Waals surface area contributed by atoms with Gasteiger partial charge in [0.25, 0.3) is 0 Å². The number of rotatable bonds is 21. The van der Waals surface area contributed by atoms with Crippen LogP contribution >= 0.6 is 0 Å². The first-order chi connectivity index (χ1) is 41.4. The summed E-state index contributed by atoms with van der Waals surface area (Å²) in [6.45, 7) is 66.9. The molecule has 0 aromatic rings. The molecule has 22 heteroatoms. The summed E-state index contributed by atoms with van der Waals surface area (Å²) in [5.74, 6) is -5.06. The van der Waals surface area contributed by atoms with Crippen LogP contribution in [0.25, 0.3) is 0 Å². The number of aliphatic hydroxyl groups is 5. The van der Waals surface area contributed by atoms with Crippen molar-refractivity contribution in [1.29, 1.82) is 0 Å². The Morgan fingerprint density at radius 3 is 1.20 bits per heavy atom. The lowest BCUT2D eigenvalue weighted by Crippen LogP contribution is -2.54. The number of aliphatic hydroxyl groups excluding tert-OH is 4. The molecule has 19 atom stereocenters. The van der Waals surface area contributed by atoms with Gasteiger partial charge < -0.3 is 91.2 Å². The lowest BCUT2D eigenvalue weighted by Gasteiger charge is -2.42. The highest BCUT2D eigenvalue weighted by molar-refractivity contribution is 6.74. The minimum atomic E-state index is -1.84. The van der Waals surface area contributed by atoms with E-state index in [9.17, 15) is 30.3 Å². The van der Waals surface area contributed by atoms with Crippen LogP contribution in [0.4, 0.5) is 0 Å². The van der Waals surface area contributed by atoms with E-state index in [1.807, 2.05) is 104 Å². The summed E-state index contributed by atoms with van der Waals surface area (Å²) < 4.78 is 81.3. The molecular weight excluding hydrogens is 1200 g/mol. The van der Waals surface area contributed by atoms with E-state index in [1.54, 1.807) is 24.3 Å². The van der Waals surface area contributed by atoms with E-state index in [0.29, 0.717) is 52.1 Å². The van der Waals surface area contributed by atoms with Crippen molar-refractivity contribution in [3.05, 3.63) is 50.6 Å². The van der Waals surface area contributed by atoms with E-state index in [1.165, 1.54) is 0 Å². The van der Waals surface area contributed by atoms with Gasteiger partial charge in [0.2, 0.25) is 0 Å². The molecule has 0 aromatic heterocycles. The third kappa shape index (κ3) is 23.7. The lowest BCUT2D eigenvalue weighted by atomic mass is 9.86. The number of hydrogen-bond donors (Lipinski definition) is 5. The zero-order chi connectivity index (χ0) is 70.1. The standard InChI is InChI=1S/2C18H36O4Si.C12H20O4.C12H22O4.C9H14O4/c2*1-10-11-14(19)13(2)16-15(21-18(6,7)22-16)12-20-23(8,9)17(3,4)5;1-5-6-12(13)8(2)10-9(7-14-12)15-11(3,4)16-10;1-5-6-9(14)8(2)11-10(7-13)15-12(3,4)16-11;1-5-7-6(4-11-8(5)10)12-9(2,3)13-7/h2*10,13-16,19H,1,11-12H2,2-9H3;5,8-10,13H,1,6-7H2,2-4H3;5,8-11,13-14H,1,6-7H2,2-4H3;5-7H,4H2,1-3H3/t13-,14+,15-,16+;13-,14-,15-,16+;8-,9+,10-,12?;8-,9?,10-,11+;5-,6+,7-/m00101/s1. The maximum Gasteiger partial charge on any atom is 0.311 e. The smallest absolute Gasteiger partial charge is 0.311 e. The normalized spacial score (nSPS) is 33.9. The van der Waals surface area contributed by atoms with Crippen LogP contribution in [0.5, 0.6) is 0 Å². The maximum absolute atomic E-state index is 11.2. The topological polar surface area (TPSA) is 247 Å². The molecule has 0 saturated carbocycles. The van der Waals surface area contributed by atoms with E-state index in [2.05, 4.69) is 94.0 Å². The van der Waals surface area contributed by atoms with Crippen LogP contribution < -0.4 is 0 Å². The zero-order valence-corrected chi connectivity index (χ0v) is 62.8. The van der Waals surface area contributed by atoms with Crippen molar-refractivity contribution in [2.75, 3.05) is 33.0 Å². The molecule has 7 saturated heterocycles. The predicted octanol–water partition coefficient (Wildman–Crippen LogP) is 11.4. The molecule has 5 N–H and O–H groups in total. The maximum atomic E-state index is 11.2. The van der Waals surface area contributed by atoms with Crippen LogP contribution in [0, 0.1) is 29.6 Å². The molecule has 7 aliphatic heterocycles. The Balaban J connectivity index is 0.000000301. The third-order valence-electron chi connectivity index (χ3n) is 19.1. The average molecular weight is 1330 g/mol. The Bertz CT molecular complexity index is 2180. The van der Waals surface area contributed by atoms with Crippen molar-refractivity contribution in [1.82, 2.24) is 0 Å². The molecule has 20 nitrogen and oxygen atoms in total. The minimum absolute atomic E-state index is 0.0391. The highest BCUT2D eigenvalue weighted by Gasteiger charge is 2.55. The van der Waals surface area contributed by atoms with Gasteiger partial charge in [-0.1, -0.05) is 93.5 Å². The molecule has 7 heterocycles. The first-order valence-corrected chi connectivity index (χ1v) is 38.9. The van der Waals surface area contributed by atoms with Crippen LogP contribution in [0.1, 0.15) is 171 Å². The fourth-order valence-corrected chi connectivity index (χ4v) is 13.5. The monoisotopic (exact) mass is 1330 g/mol. The molecule has 91 heavy (non-hydrogen) atoms. The number of cyclic esters (lactones) is 1. The number of ether oxygens (including phenoxy) is 12. The van der Waals surface area contributed by atoms with Crippen LogP contribution in [0.2, 0.25) is 36.3 Å². The molecule has 7 rings (SSSR count). The summed E-state index contributed by atoms with van der Waals surface area (Å²) >= 11 is 0. The molecule has 0 aromatic carbocycles. The lowest BCUT2D eigenvalue weighted by molar-refractivity contribution is -0.281. The van der Waals surface area contributed by atoms with Gasteiger partial charge in [0.1, 0.15) is 43.2 Å². The quantitative estimate of drug-likeness (QED) is 0.0407. The van der Waals surface area contributed by atoms with Gasteiger partial charge in [0, 0.05) is 30.1 Å². The number of fused-ring (bicyclic) bond motifs is 2. The van der Waals surface area contributed by atoms with E-state index >= 15 is 0 Å². The molecule has 0 aliphatic carbocycles. The number of hydrogen-bond acceptors (Lipinski definition) is 20. The van der Waals surface area contributed by atoms with Crippen molar-refractivity contribution in [2.45, 2.75) is 321 Å². The summed E-state index contributed by atoms with van der Waals surface area (Å²) in [6.07, 6.45) is 5.60. The van der Waals surface area contributed by atoms with Crippen LogP contribution in [-0.2, 0) is 70.5 Å². The molecule has 7 aliphatic rings. The van der Waals surface area contributed by atoms with E-state index in [-0.39, 0.29) is 113 Å². The van der Waals surface area contributed by atoms with E-state index < -0.39 is 69.7 Å². The molecule has 2 unspecified atom stereocenters. The van der Waals surface area contributed by atoms with Crippen molar-refractivity contribution in [3.8, 4) is 0 Å². The van der Waals surface area contributed by atoms with Gasteiger partial charge in [-0.15, -0.1) is 26.3 Å². The summed E-state index contributed by atoms with van der Waals surface area (Å²) in [5, 5.41) is 50.3. The highest BCUT2D eigenvalue weighted by Crippen LogP contribution is 2.44. The zero-order valence-electron chi connectivity index (χ0n) is 60.8. The Morgan fingerprint density at radius 1 is 0.527 bits per heavy atom. The highest BCUT2D eigenvalue weighted by atomic mass is 28.4. The molecule has 0 spiro atoms. The number of carbonyl (C=O) groups excluding carboxylic acids is 1. The first-order valence-electron chi connectivity index (χ1n) is 33.1. The third-order valence-corrected chi connectivity index (χ3v) is 28.1. The summed E-state index contributed by atoms with van der Waals surface area (Å²) in [7, 11) is -3.68. The second-order valence-corrected chi connectivity index (χ2v) is 40.8. The summed E-state index contributed by atoms with van der Waals surface area (Å²) in [4.78, 5) is 11.2. The van der Waals surface area contributed by atoms with Gasteiger partial charge in [0.05, 0.1) is 75.1 Å². The predicted molar refractivity (Wildman–Crippen MR) is 357 cm³/mol. The Kier molecular flexibility index (Phi) is 30.4.